The largest absolute Gasteiger partial charge is 0.354 e. The predicted octanol–water partition coefficient (Wildman–Crippen LogP) is 2.58. The fraction of sp³-hybridized carbons (Fsp3) is 0.875. The lowest BCUT2D eigenvalue weighted by Crippen LogP contribution is -2.50. The molecule has 1 rings (SSSR count). The lowest BCUT2D eigenvalue weighted by Gasteiger charge is -2.25. The Labute approximate surface area is 135 Å². The third-order valence-electron chi connectivity index (χ3n) is 4.11. The standard InChI is InChI=1S/C9H18N2O.C7H14OS/c1-3-6-11-9(4-2)5-7-10-8(9)12;1-3-6(2)7(8)4-5-9/h11H,3-7H2,1-2H3,(H,10,12);6,9H,3-5H2,1-2H3. The minimum Gasteiger partial charge on any atom is -0.354 e. The summed E-state index contributed by atoms with van der Waals surface area (Å²) in [4.78, 5) is 22.4. The number of hydrogen-bond donors (Lipinski definition) is 3. The molecule has 1 saturated heterocycles. The third kappa shape index (κ3) is 6.83. The van der Waals surface area contributed by atoms with Crippen LogP contribution in [0, 0.1) is 5.92 Å². The lowest BCUT2D eigenvalue weighted by atomic mass is 9.94. The topological polar surface area (TPSA) is 58.2 Å². The first-order valence-electron chi connectivity index (χ1n) is 8.14. The summed E-state index contributed by atoms with van der Waals surface area (Å²) in [6.45, 7) is 9.92. The molecule has 0 radical (unpaired) electrons. The van der Waals surface area contributed by atoms with E-state index < -0.39 is 0 Å². The normalized spacial score (nSPS) is 22.2. The Kier molecular flexibility index (Phi) is 10.8. The molecule has 124 valence electrons. The average Bonchev–Trinajstić information content (AvgIpc) is 2.86. The van der Waals surface area contributed by atoms with Crippen molar-refractivity contribution in [3.63, 3.8) is 0 Å². The predicted molar refractivity (Wildman–Crippen MR) is 91.9 cm³/mol. The molecular weight excluding hydrogens is 284 g/mol. The molecule has 1 fully saturated rings. The van der Waals surface area contributed by atoms with Gasteiger partial charge in [-0.25, -0.2) is 0 Å². The van der Waals surface area contributed by atoms with Gasteiger partial charge in [-0.3, -0.25) is 9.59 Å². The van der Waals surface area contributed by atoms with Crippen LogP contribution >= 0.6 is 12.6 Å². The highest BCUT2D eigenvalue weighted by atomic mass is 32.1. The summed E-state index contributed by atoms with van der Waals surface area (Å²) < 4.78 is 0. The van der Waals surface area contributed by atoms with Crippen LogP contribution in [-0.4, -0.2) is 36.1 Å². The van der Waals surface area contributed by atoms with Gasteiger partial charge in [0.25, 0.3) is 0 Å². The van der Waals surface area contributed by atoms with Crippen molar-refractivity contribution < 1.29 is 9.59 Å². The van der Waals surface area contributed by atoms with E-state index >= 15 is 0 Å². The second-order valence-corrected chi connectivity index (χ2v) is 6.06. The van der Waals surface area contributed by atoms with Crippen molar-refractivity contribution in [3.05, 3.63) is 0 Å². The van der Waals surface area contributed by atoms with Crippen LogP contribution in [0.4, 0.5) is 0 Å². The number of rotatable bonds is 8. The Morgan fingerprint density at radius 2 is 2.10 bits per heavy atom. The van der Waals surface area contributed by atoms with Gasteiger partial charge in [0.05, 0.1) is 5.54 Å². The summed E-state index contributed by atoms with van der Waals surface area (Å²) >= 11 is 3.97. The molecule has 0 aliphatic carbocycles. The van der Waals surface area contributed by atoms with Gasteiger partial charge in [0, 0.05) is 18.9 Å². The fourth-order valence-electron chi connectivity index (χ4n) is 2.25. The monoisotopic (exact) mass is 316 g/mol. The number of carbonyl (C=O) groups excluding carboxylic acids is 2. The summed E-state index contributed by atoms with van der Waals surface area (Å²) in [6.07, 6.45) is 4.47. The number of carbonyl (C=O) groups is 2. The Bertz CT molecular complexity index is 323. The van der Waals surface area contributed by atoms with Crippen molar-refractivity contribution >= 4 is 24.3 Å². The maximum absolute atomic E-state index is 11.5. The molecule has 0 aromatic carbocycles. The summed E-state index contributed by atoms with van der Waals surface area (Å²) in [7, 11) is 0. The highest BCUT2D eigenvalue weighted by Crippen LogP contribution is 2.19. The van der Waals surface area contributed by atoms with Crippen molar-refractivity contribution in [2.24, 2.45) is 5.92 Å². The molecule has 1 aliphatic rings. The highest BCUT2D eigenvalue weighted by molar-refractivity contribution is 7.80. The molecule has 2 atom stereocenters. The van der Waals surface area contributed by atoms with E-state index in [2.05, 4.69) is 37.1 Å². The molecule has 2 unspecified atom stereocenters. The molecule has 5 heteroatoms. The summed E-state index contributed by atoms with van der Waals surface area (Å²) in [5.41, 5.74) is -0.254. The van der Waals surface area contributed by atoms with Gasteiger partial charge < -0.3 is 10.6 Å². The SMILES string of the molecule is CCC(C)C(=O)CCS.CCCNC1(CC)CCNC1=O. The van der Waals surface area contributed by atoms with Gasteiger partial charge >= 0.3 is 0 Å². The molecule has 0 aromatic rings. The molecule has 4 nitrogen and oxygen atoms in total. The van der Waals surface area contributed by atoms with Crippen LogP contribution in [0.15, 0.2) is 0 Å². The zero-order chi connectivity index (χ0) is 16.3. The number of nitrogens with one attached hydrogen (secondary N) is 2. The van der Waals surface area contributed by atoms with E-state index in [0.717, 1.165) is 38.8 Å². The maximum atomic E-state index is 11.5. The Balaban J connectivity index is 0.000000400. The van der Waals surface area contributed by atoms with E-state index in [1.165, 1.54) is 0 Å². The van der Waals surface area contributed by atoms with Crippen molar-refractivity contribution in [3.8, 4) is 0 Å². The number of ketones is 1. The summed E-state index contributed by atoms with van der Waals surface area (Å²) in [5, 5.41) is 6.20. The first-order valence-corrected chi connectivity index (χ1v) is 8.77. The second kappa shape index (κ2) is 11.1. The van der Waals surface area contributed by atoms with Gasteiger partial charge in [-0.05, 0) is 38.0 Å². The number of hydrogen-bond acceptors (Lipinski definition) is 4. The van der Waals surface area contributed by atoms with Crippen LogP contribution in [-0.2, 0) is 9.59 Å². The van der Waals surface area contributed by atoms with Crippen molar-refractivity contribution in [2.75, 3.05) is 18.8 Å². The molecule has 2 N–H and O–H groups in total. The fourth-order valence-corrected chi connectivity index (χ4v) is 2.47. The Morgan fingerprint density at radius 3 is 2.48 bits per heavy atom. The molecule has 0 aromatic heterocycles. The number of Topliss-reactive ketones (excluding diaryl/α,β-unsaturated/α-hetero) is 1. The van der Waals surface area contributed by atoms with Crippen LogP contribution in [0.3, 0.4) is 0 Å². The molecule has 21 heavy (non-hydrogen) atoms. The van der Waals surface area contributed by atoms with Gasteiger partial charge in [0.15, 0.2) is 0 Å². The van der Waals surface area contributed by atoms with E-state index in [9.17, 15) is 9.59 Å². The summed E-state index contributed by atoms with van der Waals surface area (Å²) in [5.74, 6) is 1.44. The van der Waals surface area contributed by atoms with Gasteiger partial charge in [-0.15, -0.1) is 0 Å². The Morgan fingerprint density at radius 1 is 1.43 bits per heavy atom. The Hall–Kier alpha value is -0.550. The van der Waals surface area contributed by atoms with E-state index in [0.29, 0.717) is 18.0 Å². The molecule has 1 amide bonds. The minimum absolute atomic E-state index is 0.179. The number of thiol groups is 1. The van der Waals surface area contributed by atoms with Crippen LogP contribution in [0.5, 0.6) is 0 Å². The van der Waals surface area contributed by atoms with Crippen molar-refractivity contribution in [2.45, 2.75) is 65.3 Å². The minimum atomic E-state index is -0.254. The van der Waals surface area contributed by atoms with Crippen LogP contribution in [0.2, 0.25) is 0 Å². The quantitative estimate of drug-likeness (QED) is 0.603. The average molecular weight is 317 g/mol. The smallest absolute Gasteiger partial charge is 0.240 e. The van der Waals surface area contributed by atoms with Gasteiger partial charge in [0.1, 0.15) is 5.78 Å². The molecule has 0 spiro atoms. The highest BCUT2D eigenvalue weighted by Gasteiger charge is 2.39. The lowest BCUT2D eigenvalue weighted by molar-refractivity contribution is -0.125. The van der Waals surface area contributed by atoms with Gasteiger partial charge in [0.2, 0.25) is 5.91 Å². The second-order valence-electron chi connectivity index (χ2n) is 5.62. The van der Waals surface area contributed by atoms with Crippen LogP contribution in [0.1, 0.15) is 59.8 Å². The molecule has 1 aliphatic heterocycles. The third-order valence-corrected chi connectivity index (χ3v) is 4.33. The first-order chi connectivity index (χ1) is 9.97. The van der Waals surface area contributed by atoms with Crippen molar-refractivity contribution in [1.29, 1.82) is 0 Å². The first kappa shape index (κ1) is 20.5. The zero-order valence-electron chi connectivity index (χ0n) is 14.0. The van der Waals surface area contributed by atoms with E-state index in [1.807, 2.05) is 13.8 Å². The van der Waals surface area contributed by atoms with Crippen molar-refractivity contribution in [1.82, 2.24) is 10.6 Å². The molecule has 0 saturated carbocycles. The van der Waals surface area contributed by atoms with E-state index in [4.69, 9.17) is 0 Å². The zero-order valence-corrected chi connectivity index (χ0v) is 14.9. The van der Waals surface area contributed by atoms with E-state index in [1.54, 1.807) is 0 Å². The molecular formula is C16H32N2O2S. The van der Waals surface area contributed by atoms with Gasteiger partial charge in [-0.2, -0.15) is 12.6 Å². The summed E-state index contributed by atoms with van der Waals surface area (Å²) in [6, 6.07) is 0. The van der Waals surface area contributed by atoms with E-state index in [-0.39, 0.29) is 17.4 Å². The maximum Gasteiger partial charge on any atom is 0.240 e. The van der Waals surface area contributed by atoms with Crippen LogP contribution < -0.4 is 10.6 Å². The van der Waals surface area contributed by atoms with Gasteiger partial charge in [-0.1, -0.05) is 27.7 Å². The van der Waals surface area contributed by atoms with Crippen LogP contribution in [0.25, 0.3) is 0 Å². The molecule has 1 heterocycles. The number of amides is 1. The molecule has 0 bridgehead atoms.